The summed E-state index contributed by atoms with van der Waals surface area (Å²) in [5.41, 5.74) is 3.80. The van der Waals surface area contributed by atoms with Crippen LogP contribution in [0.2, 0.25) is 0 Å². The molecule has 1 aliphatic heterocycles. The van der Waals surface area contributed by atoms with E-state index in [4.69, 9.17) is 0 Å². The van der Waals surface area contributed by atoms with E-state index in [1.165, 1.54) is 17.0 Å². The third kappa shape index (κ3) is 2.79. The number of nitrogens with one attached hydrogen (secondary N) is 1. The van der Waals surface area contributed by atoms with Crippen molar-refractivity contribution >= 4 is 0 Å². The second-order valence-electron chi connectivity index (χ2n) is 4.16. The highest BCUT2D eigenvalue weighted by molar-refractivity contribution is 5.30. The van der Waals surface area contributed by atoms with Crippen molar-refractivity contribution in [3.05, 3.63) is 22.8 Å². The Morgan fingerprint density at radius 1 is 1.19 bits per heavy atom. The minimum absolute atomic E-state index is 0.491. The molecule has 2 heterocycles. The quantitative estimate of drug-likeness (QED) is 0.792. The molecule has 1 N–H and O–H groups in total. The molecular weight excluding hydrogens is 198 g/mol. The second-order valence-corrected chi connectivity index (χ2v) is 4.16. The van der Waals surface area contributed by atoms with Crippen LogP contribution in [0.1, 0.15) is 56.4 Å². The van der Waals surface area contributed by atoms with E-state index in [1.807, 2.05) is 20.8 Å². The van der Waals surface area contributed by atoms with Crippen molar-refractivity contribution in [2.24, 2.45) is 0 Å². The van der Waals surface area contributed by atoms with Crippen LogP contribution >= 0.6 is 0 Å². The molecule has 0 bridgehead atoms. The summed E-state index contributed by atoms with van der Waals surface area (Å²) in [5.74, 6) is 1.40. The van der Waals surface area contributed by atoms with E-state index in [9.17, 15) is 0 Å². The van der Waals surface area contributed by atoms with Gasteiger partial charge < -0.3 is 5.32 Å². The van der Waals surface area contributed by atoms with E-state index in [0.717, 1.165) is 25.3 Å². The van der Waals surface area contributed by atoms with Gasteiger partial charge in [-0.2, -0.15) is 0 Å². The second kappa shape index (κ2) is 5.94. The number of hydrogen-bond acceptors (Lipinski definition) is 3. The lowest BCUT2D eigenvalue weighted by Gasteiger charge is -2.21. The molecule has 0 spiro atoms. The average molecular weight is 221 g/mol. The minimum atomic E-state index is 0.491. The standard InChI is InChI=1S/C11H17N3.C2H6/c1-7(2)11-9-6-12-5-4-10(9)13-8(3)14-11;1-2/h7,12H,4-6H2,1-3H3;1-2H3. The molecule has 3 nitrogen and oxygen atoms in total. The van der Waals surface area contributed by atoms with Gasteiger partial charge in [0.25, 0.3) is 0 Å². The number of aryl methyl sites for hydroxylation is 1. The van der Waals surface area contributed by atoms with E-state index in [0.29, 0.717) is 5.92 Å². The summed E-state index contributed by atoms with van der Waals surface area (Å²) in [4.78, 5) is 9.04. The number of fused-ring (bicyclic) bond motifs is 1. The molecule has 1 aromatic rings. The lowest BCUT2D eigenvalue weighted by Crippen LogP contribution is -2.27. The first-order chi connectivity index (χ1) is 7.68. The first-order valence-corrected chi connectivity index (χ1v) is 6.25. The van der Waals surface area contributed by atoms with Crippen LogP contribution in [0.3, 0.4) is 0 Å². The lowest BCUT2D eigenvalue weighted by atomic mass is 9.98. The van der Waals surface area contributed by atoms with Gasteiger partial charge in [-0.05, 0) is 12.8 Å². The SMILES string of the molecule is CC.Cc1nc2c(c(C(C)C)n1)CNCC2. The van der Waals surface area contributed by atoms with Crippen molar-refractivity contribution in [1.29, 1.82) is 0 Å². The molecule has 0 amide bonds. The summed E-state index contributed by atoms with van der Waals surface area (Å²) in [5, 5.41) is 3.38. The molecule has 0 saturated heterocycles. The normalized spacial score (nSPS) is 14.1. The summed E-state index contributed by atoms with van der Waals surface area (Å²) in [6.07, 6.45) is 1.04. The molecule has 90 valence electrons. The number of hydrogen-bond donors (Lipinski definition) is 1. The predicted octanol–water partition coefficient (Wildman–Crippen LogP) is 2.58. The van der Waals surface area contributed by atoms with Crippen LogP contribution in [0.4, 0.5) is 0 Å². The Balaban J connectivity index is 0.000000606. The van der Waals surface area contributed by atoms with Gasteiger partial charge in [0.05, 0.1) is 11.4 Å². The number of aromatic nitrogens is 2. The van der Waals surface area contributed by atoms with Gasteiger partial charge in [0.1, 0.15) is 5.82 Å². The van der Waals surface area contributed by atoms with Crippen LogP contribution in [-0.2, 0) is 13.0 Å². The van der Waals surface area contributed by atoms with E-state index in [1.54, 1.807) is 0 Å². The molecule has 3 heteroatoms. The molecule has 0 aromatic carbocycles. The van der Waals surface area contributed by atoms with Crippen molar-refractivity contribution in [3.8, 4) is 0 Å². The summed E-state index contributed by atoms with van der Waals surface area (Å²) < 4.78 is 0. The molecular formula is C13H23N3. The average Bonchev–Trinajstić information content (AvgIpc) is 2.30. The van der Waals surface area contributed by atoms with Crippen molar-refractivity contribution in [2.75, 3.05) is 6.54 Å². The van der Waals surface area contributed by atoms with Crippen LogP contribution in [0.25, 0.3) is 0 Å². The van der Waals surface area contributed by atoms with E-state index >= 15 is 0 Å². The van der Waals surface area contributed by atoms with Gasteiger partial charge in [-0.25, -0.2) is 9.97 Å². The van der Waals surface area contributed by atoms with Crippen LogP contribution < -0.4 is 5.32 Å². The third-order valence-corrected chi connectivity index (χ3v) is 2.62. The Morgan fingerprint density at radius 2 is 1.88 bits per heavy atom. The lowest BCUT2D eigenvalue weighted by molar-refractivity contribution is 0.604. The molecule has 0 atom stereocenters. The van der Waals surface area contributed by atoms with Crippen LogP contribution in [0, 0.1) is 6.92 Å². The van der Waals surface area contributed by atoms with Gasteiger partial charge in [0.15, 0.2) is 0 Å². The third-order valence-electron chi connectivity index (χ3n) is 2.62. The molecule has 0 fully saturated rings. The van der Waals surface area contributed by atoms with Gasteiger partial charge in [-0.15, -0.1) is 0 Å². The Hall–Kier alpha value is -0.960. The van der Waals surface area contributed by atoms with Gasteiger partial charge in [0.2, 0.25) is 0 Å². The van der Waals surface area contributed by atoms with Crippen LogP contribution in [0.5, 0.6) is 0 Å². The molecule has 1 aliphatic rings. The Morgan fingerprint density at radius 3 is 2.50 bits per heavy atom. The molecule has 16 heavy (non-hydrogen) atoms. The maximum Gasteiger partial charge on any atom is 0.125 e. The fraction of sp³-hybridized carbons (Fsp3) is 0.692. The largest absolute Gasteiger partial charge is 0.312 e. The van der Waals surface area contributed by atoms with Crippen molar-refractivity contribution in [1.82, 2.24) is 15.3 Å². The topological polar surface area (TPSA) is 37.8 Å². The zero-order valence-corrected chi connectivity index (χ0v) is 11.1. The fourth-order valence-electron chi connectivity index (χ4n) is 1.97. The fourth-order valence-corrected chi connectivity index (χ4v) is 1.97. The van der Waals surface area contributed by atoms with E-state index < -0.39 is 0 Å². The van der Waals surface area contributed by atoms with Gasteiger partial charge in [0, 0.05) is 25.1 Å². The van der Waals surface area contributed by atoms with Crippen LogP contribution in [0.15, 0.2) is 0 Å². The Kier molecular flexibility index (Phi) is 4.87. The molecule has 1 aromatic heterocycles. The summed E-state index contributed by atoms with van der Waals surface area (Å²) in [6.45, 7) is 12.3. The Labute approximate surface area is 98.7 Å². The number of nitrogens with zero attached hydrogens (tertiary/aromatic N) is 2. The zero-order chi connectivity index (χ0) is 12.1. The monoisotopic (exact) mass is 221 g/mol. The minimum Gasteiger partial charge on any atom is -0.312 e. The van der Waals surface area contributed by atoms with Gasteiger partial charge >= 0.3 is 0 Å². The summed E-state index contributed by atoms with van der Waals surface area (Å²) in [7, 11) is 0. The van der Waals surface area contributed by atoms with Gasteiger partial charge in [-0.1, -0.05) is 27.7 Å². The van der Waals surface area contributed by atoms with E-state index in [2.05, 4.69) is 29.1 Å². The van der Waals surface area contributed by atoms with Crippen molar-refractivity contribution in [2.45, 2.75) is 53.5 Å². The van der Waals surface area contributed by atoms with E-state index in [-0.39, 0.29) is 0 Å². The maximum absolute atomic E-state index is 4.53. The molecule has 0 unspecified atom stereocenters. The zero-order valence-electron chi connectivity index (χ0n) is 11.1. The first-order valence-electron chi connectivity index (χ1n) is 6.25. The molecule has 0 aliphatic carbocycles. The first kappa shape index (κ1) is 13.1. The smallest absolute Gasteiger partial charge is 0.125 e. The van der Waals surface area contributed by atoms with Crippen molar-refractivity contribution in [3.63, 3.8) is 0 Å². The summed E-state index contributed by atoms with van der Waals surface area (Å²) in [6, 6.07) is 0. The predicted molar refractivity (Wildman–Crippen MR) is 67.6 cm³/mol. The van der Waals surface area contributed by atoms with Crippen molar-refractivity contribution < 1.29 is 0 Å². The molecule has 2 rings (SSSR count). The maximum atomic E-state index is 4.53. The molecule has 0 saturated carbocycles. The highest BCUT2D eigenvalue weighted by atomic mass is 14.9. The number of rotatable bonds is 1. The van der Waals surface area contributed by atoms with Gasteiger partial charge in [-0.3, -0.25) is 0 Å². The Bertz CT molecular complexity index is 345. The molecule has 0 radical (unpaired) electrons. The van der Waals surface area contributed by atoms with Crippen LogP contribution in [-0.4, -0.2) is 16.5 Å². The highest BCUT2D eigenvalue weighted by Crippen LogP contribution is 2.21. The highest BCUT2D eigenvalue weighted by Gasteiger charge is 2.17. The summed E-state index contributed by atoms with van der Waals surface area (Å²) >= 11 is 0.